The molecule has 0 aliphatic carbocycles. The van der Waals surface area contributed by atoms with Gasteiger partial charge in [-0.2, -0.15) is 0 Å². The molecule has 0 aliphatic rings. The van der Waals surface area contributed by atoms with Crippen LogP contribution in [0.1, 0.15) is 11.8 Å². The third-order valence-corrected chi connectivity index (χ3v) is 1.33. The van der Waals surface area contributed by atoms with Crippen molar-refractivity contribution in [3.8, 4) is 0 Å². The zero-order valence-electron chi connectivity index (χ0n) is 7.93. The first-order valence-corrected chi connectivity index (χ1v) is 3.09. The molecule has 1 N–H and O–H groups in total. The third kappa shape index (κ3) is 3.79. The Labute approximate surface area is 134 Å². The molecule has 0 fully saturated rings. The monoisotopic (exact) mass is 301 g/mol. The number of hydrogen-bond donors (Lipinski definition) is 1. The van der Waals surface area contributed by atoms with Crippen molar-refractivity contribution in [3.05, 3.63) is 39.9 Å². The summed E-state index contributed by atoms with van der Waals surface area (Å²) in [6.45, 7) is 0. The van der Waals surface area contributed by atoms with E-state index in [1.807, 2.05) is 0 Å². The van der Waals surface area contributed by atoms with Gasteiger partial charge in [0.05, 0.1) is 10.5 Å². The van der Waals surface area contributed by atoms with Crippen molar-refractivity contribution < 1.29 is 85.1 Å². The largest absolute Gasteiger partial charge is 1.00 e. The molecule has 5 nitrogen and oxygen atoms in total. The minimum Gasteiger partial charge on any atom is -1.00 e. The smallest absolute Gasteiger partial charge is 1.00 e. The summed E-state index contributed by atoms with van der Waals surface area (Å²) in [6.07, 6.45) is 0. The number of rotatable bonds is 2. The molecular formula is C7H6CsNO4. The first-order chi connectivity index (χ1) is 5.61. The fourth-order valence-corrected chi connectivity index (χ4v) is 0.726. The van der Waals surface area contributed by atoms with Gasteiger partial charge in [-0.05, 0) is 12.1 Å². The predicted octanol–water partition coefficient (Wildman–Crippen LogP) is -1.59. The van der Waals surface area contributed by atoms with Crippen molar-refractivity contribution in [2.75, 3.05) is 0 Å². The molecule has 0 unspecified atom stereocenters. The number of non-ortho nitro benzene ring substituents is 1. The number of nitro benzene ring substituents is 1. The van der Waals surface area contributed by atoms with Gasteiger partial charge in [-0.3, -0.25) is 10.1 Å². The van der Waals surface area contributed by atoms with E-state index in [0.29, 0.717) is 0 Å². The number of benzene rings is 1. The minimum absolute atomic E-state index is 0. The molecular weight excluding hydrogens is 295 g/mol. The molecule has 0 radical (unpaired) electrons. The standard InChI is InChI=1S/C7H5NO4.Cs.H/c9-7(10)5-1-3-6(4-2-5)8(11)12;;/h1-4H,(H,9,10);;/q;+1;-1. The van der Waals surface area contributed by atoms with Gasteiger partial charge in [0.1, 0.15) is 0 Å². The third-order valence-electron chi connectivity index (χ3n) is 1.33. The molecule has 0 amide bonds. The van der Waals surface area contributed by atoms with Gasteiger partial charge >= 0.3 is 74.9 Å². The summed E-state index contributed by atoms with van der Waals surface area (Å²) in [4.78, 5) is 19.9. The van der Waals surface area contributed by atoms with E-state index in [1.54, 1.807) is 0 Å². The van der Waals surface area contributed by atoms with Crippen LogP contribution in [0.25, 0.3) is 0 Å². The summed E-state index contributed by atoms with van der Waals surface area (Å²) in [7, 11) is 0. The second-order valence-electron chi connectivity index (χ2n) is 2.11. The van der Waals surface area contributed by atoms with Gasteiger partial charge in [0.15, 0.2) is 0 Å². The van der Waals surface area contributed by atoms with E-state index in [1.165, 1.54) is 12.1 Å². The number of hydrogen-bond acceptors (Lipinski definition) is 3. The van der Waals surface area contributed by atoms with Crippen LogP contribution in [0.15, 0.2) is 24.3 Å². The van der Waals surface area contributed by atoms with Crippen LogP contribution in [0.5, 0.6) is 0 Å². The Morgan fingerprint density at radius 2 is 1.85 bits per heavy atom. The van der Waals surface area contributed by atoms with Crippen molar-refractivity contribution >= 4 is 11.7 Å². The Morgan fingerprint density at radius 3 is 2.15 bits per heavy atom. The van der Waals surface area contributed by atoms with Crippen LogP contribution in [0.3, 0.4) is 0 Å². The maximum atomic E-state index is 10.3. The van der Waals surface area contributed by atoms with Gasteiger partial charge in [0.2, 0.25) is 0 Å². The second kappa shape index (κ2) is 5.78. The summed E-state index contributed by atoms with van der Waals surface area (Å²) in [5.41, 5.74) is -0.0689. The molecule has 0 atom stereocenters. The quantitative estimate of drug-likeness (QED) is 0.527. The van der Waals surface area contributed by atoms with Crippen molar-refractivity contribution in [2.24, 2.45) is 0 Å². The first kappa shape index (κ1) is 13.1. The van der Waals surface area contributed by atoms with Crippen LogP contribution >= 0.6 is 0 Å². The molecule has 0 heterocycles. The maximum Gasteiger partial charge on any atom is 1.00 e. The van der Waals surface area contributed by atoms with E-state index in [9.17, 15) is 14.9 Å². The van der Waals surface area contributed by atoms with Crippen molar-refractivity contribution in [3.63, 3.8) is 0 Å². The number of nitrogens with zero attached hydrogens (tertiary/aromatic N) is 1. The number of carboxylic acid groups (broad SMARTS) is 1. The molecule has 1 aromatic rings. The van der Waals surface area contributed by atoms with E-state index >= 15 is 0 Å². The van der Waals surface area contributed by atoms with E-state index < -0.39 is 10.9 Å². The Hall–Kier alpha value is 0.142. The summed E-state index contributed by atoms with van der Waals surface area (Å²) in [6, 6.07) is 4.70. The predicted molar refractivity (Wildman–Crippen MR) is 41.2 cm³/mol. The zero-order valence-corrected chi connectivity index (χ0v) is 13.2. The van der Waals surface area contributed by atoms with E-state index in [2.05, 4.69) is 0 Å². The topological polar surface area (TPSA) is 80.4 Å². The molecule has 0 bridgehead atoms. The molecule has 0 aromatic heterocycles. The van der Waals surface area contributed by atoms with Crippen LogP contribution < -0.4 is 68.9 Å². The van der Waals surface area contributed by atoms with Gasteiger partial charge in [-0.1, -0.05) is 0 Å². The van der Waals surface area contributed by atoms with Crippen LogP contribution in [-0.2, 0) is 0 Å². The number of carbonyl (C=O) groups is 1. The van der Waals surface area contributed by atoms with E-state index in [4.69, 9.17) is 5.11 Å². The molecule has 1 aromatic carbocycles. The summed E-state index contributed by atoms with van der Waals surface area (Å²) in [5.74, 6) is -1.09. The minimum atomic E-state index is -1.09. The van der Waals surface area contributed by atoms with Crippen LogP contribution in [-0.4, -0.2) is 16.0 Å². The molecule has 64 valence electrons. The van der Waals surface area contributed by atoms with Crippen LogP contribution in [0, 0.1) is 10.1 Å². The SMILES string of the molecule is O=C(O)c1ccc([N+](=O)[O-])cc1.[Cs+].[H-]. The molecule has 13 heavy (non-hydrogen) atoms. The van der Waals surface area contributed by atoms with Gasteiger partial charge in [0, 0.05) is 12.1 Å². The Morgan fingerprint density at radius 1 is 1.38 bits per heavy atom. The Bertz CT molecular complexity index is 294. The molecule has 0 spiro atoms. The average molecular weight is 301 g/mol. The molecule has 0 aliphatic heterocycles. The number of carboxylic acids is 1. The first-order valence-electron chi connectivity index (χ1n) is 3.09. The van der Waals surface area contributed by atoms with Gasteiger partial charge in [-0.15, -0.1) is 0 Å². The summed E-state index contributed by atoms with van der Waals surface area (Å²) >= 11 is 0. The van der Waals surface area contributed by atoms with Gasteiger partial charge < -0.3 is 6.53 Å². The van der Waals surface area contributed by atoms with E-state index in [0.717, 1.165) is 12.1 Å². The second-order valence-corrected chi connectivity index (χ2v) is 2.11. The van der Waals surface area contributed by atoms with Crippen molar-refractivity contribution in [1.82, 2.24) is 0 Å². The van der Waals surface area contributed by atoms with Crippen LogP contribution in [0.2, 0.25) is 0 Å². The molecule has 1 rings (SSSR count). The maximum absolute atomic E-state index is 10.3. The summed E-state index contributed by atoms with van der Waals surface area (Å²) in [5, 5.41) is 18.6. The Balaban J connectivity index is 0. The van der Waals surface area contributed by atoms with Crippen LogP contribution in [0.4, 0.5) is 5.69 Å². The average Bonchev–Trinajstić information content (AvgIpc) is 2.04. The fraction of sp³-hybridized carbons (Fsp3) is 0. The Kier molecular flexibility index (Phi) is 5.85. The number of nitro groups is 1. The van der Waals surface area contributed by atoms with Crippen molar-refractivity contribution in [1.29, 1.82) is 0 Å². The fourth-order valence-electron chi connectivity index (χ4n) is 0.726. The zero-order chi connectivity index (χ0) is 9.14. The van der Waals surface area contributed by atoms with Gasteiger partial charge in [0.25, 0.3) is 5.69 Å². The molecule has 0 saturated heterocycles. The normalized spacial score (nSPS) is 8.62. The molecule has 0 saturated carbocycles. The number of aromatic carboxylic acids is 1. The van der Waals surface area contributed by atoms with Gasteiger partial charge in [-0.25, -0.2) is 4.79 Å². The van der Waals surface area contributed by atoms with E-state index in [-0.39, 0.29) is 81.6 Å². The van der Waals surface area contributed by atoms with Crippen molar-refractivity contribution in [2.45, 2.75) is 0 Å². The summed E-state index contributed by atoms with van der Waals surface area (Å²) < 4.78 is 0. The molecule has 6 heteroatoms.